The second-order valence-electron chi connectivity index (χ2n) is 6.53. The van der Waals surface area contributed by atoms with Gasteiger partial charge < -0.3 is 14.2 Å². The van der Waals surface area contributed by atoms with E-state index in [0.29, 0.717) is 22.6 Å². The van der Waals surface area contributed by atoms with Gasteiger partial charge >= 0.3 is 5.97 Å². The molecule has 0 atom stereocenters. The number of nitrogens with zero attached hydrogens (tertiary/aromatic N) is 1. The van der Waals surface area contributed by atoms with Gasteiger partial charge in [0.1, 0.15) is 17.2 Å². The van der Waals surface area contributed by atoms with Gasteiger partial charge in [0.2, 0.25) is 0 Å². The number of rotatable bonds is 8. The number of esters is 1. The molecule has 0 saturated heterocycles. The SMILES string of the molecule is COc1ccc(OC)c(C=CC(=O)c2ccc(OC(=O)c3cccc([N+](=O)[O-])c3)cc2)c1. The zero-order valence-corrected chi connectivity index (χ0v) is 17.3. The van der Waals surface area contributed by atoms with Crippen molar-refractivity contribution in [1.82, 2.24) is 0 Å². The van der Waals surface area contributed by atoms with Gasteiger partial charge in [0, 0.05) is 23.3 Å². The van der Waals surface area contributed by atoms with Gasteiger partial charge in [-0.25, -0.2) is 4.79 Å². The van der Waals surface area contributed by atoms with E-state index in [1.807, 2.05) is 0 Å². The van der Waals surface area contributed by atoms with Gasteiger partial charge in [0.25, 0.3) is 5.69 Å². The van der Waals surface area contributed by atoms with Crippen LogP contribution in [0.5, 0.6) is 17.2 Å². The van der Waals surface area contributed by atoms with E-state index in [0.717, 1.165) is 6.07 Å². The number of ether oxygens (including phenoxy) is 3. The first-order valence-electron chi connectivity index (χ1n) is 9.42. The fourth-order valence-corrected chi connectivity index (χ4v) is 2.83. The van der Waals surface area contributed by atoms with Crippen LogP contribution in [-0.2, 0) is 0 Å². The minimum absolute atomic E-state index is 0.0505. The lowest BCUT2D eigenvalue weighted by Crippen LogP contribution is -2.09. The van der Waals surface area contributed by atoms with Crippen LogP contribution in [0.25, 0.3) is 6.08 Å². The molecule has 0 saturated carbocycles. The largest absolute Gasteiger partial charge is 0.497 e. The summed E-state index contributed by atoms with van der Waals surface area (Å²) >= 11 is 0. The van der Waals surface area contributed by atoms with Crippen LogP contribution in [0.1, 0.15) is 26.3 Å². The molecule has 0 radical (unpaired) electrons. The van der Waals surface area contributed by atoms with Gasteiger partial charge in [-0.05, 0) is 60.7 Å². The number of ketones is 1. The number of allylic oxidation sites excluding steroid dienone is 1. The van der Waals surface area contributed by atoms with Crippen molar-refractivity contribution in [3.05, 3.63) is 99.6 Å². The molecule has 3 aromatic carbocycles. The highest BCUT2D eigenvalue weighted by molar-refractivity contribution is 6.07. The smallest absolute Gasteiger partial charge is 0.343 e. The molecule has 0 bridgehead atoms. The molecule has 3 rings (SSSR count). The van der Waals surface area contributed by atoms with E-state index >= 15 is 0 Å². The Morgan fingerprint density at radius 2 is 1.59 bits per heavy atom. The van der Waals surface area contributed by atoms with E-state index in [4.69, 9.17) is 14.2 Å². The van der Waals surface area contributed by atoms with E-state index < -0.39 is 10.9 Å². The molecule has 0 fully saturated rings. The third-order valence-electron chi connectivity index (χ3n) is 4.49. The summed E-state index contributed by atoms with van der Waals surface area (Å²) in [6, 6.07) is 16.5. The maximum atomic E-state index is 12.5. The predicted octanol–water partition coefficient (Wildman–Crippen LogP) is 4.73. The normalized spacial score (nSPS) is 10.6. The molecule has 0 aliphatic rings. The molecule has 0 aliphatic heterocycles. The Kier molecular flexibility index (Phi) is 6.97. The lowest BCUT2D eigenvalue weighted by atomic mass is 10.1. The minimum Gasteiger partial charge on any atom is -0.497 e. The highest BCUT2D eigenvalue weighted by atomic mass is 16.6. The third kappa shape index (κ3) is 5.37. The third-order valence-corrected chi connectivity index (χ3v) is 4.49. The number of nitro groups is 1. The fourth-order valence-electron chi connectivity index (χ4n) is 2.83. The summed E-state index contributed by atoms with van der Waals surface area (Å²) in [7, 11) is 3.09. The van der Waals surface area contributed by atoms with E-state index in [9.17, 15) is 19.7 Å². The van der Waals surface area contributed by atoms with Crippen LogP contribution in [0.15, 0.2) is 72.8 Å². The Labute approximate surface area is 183 Å². The molecule has 3 aromatic rings. The van der Waals surface area contributed by atoms with Crippen LogP contribution in [-0.4, -0.2) is 30.9 Å². The second kappa shape index (κ2) is 10.0. The molecule has 0 N–H and O–H groups in total. The number of carbonyl (C=O) groups is 2. The first kappa shape index (κ1) is 22.2. The molecule has 0 unspecified atom stereocenters. The minimum atomic E-state index is -0.738. The van der Waals surface area contributed by atoms with Crippen molar-refractivity contribution >= 4 is 23.5 Å². The zero-order valence-electron chi connectivity index (χ0n) is 17.3. The van der Waals surface area contributed by atoms with Gasteiger partial charge in [0.15, 0.2) is 5.78 Å². The Balaban J connectivity index is 1.70. The van der Waals surface area contributed by atoms with E-state index in [-0.39, 0.29) is 22.8 Å². The highest BCUT2D eigenvalue weighted by Crippen LogP contribution is 2.25. The fraction of sp³-hybridized carbons (Fsp3) is 0.0833. The average Bonchev–Trinajstić information content (AvgIpc) is 2.82. The lowest BCUT2D eigenvalue weighted by Gasteiger charge is -2.07. The monoisotopic (exact) mass is 433 g/mol. The van der Waals surface area contributed by atoms with Crippen LogP contribution >= 0.6 is 0 Å². The molecular weight excluding hydrogens is 414 g/mol. The number of methoxy groups -OCH3 is 2. The van der Waals surface area contributed by atoms with Gasteiger partial charge in [-0.3, -0.25) is 14.9 Å². The van der Waals surface area contributed by atoms with Crippen LogP contribution < -0.4 is 14.2 Å². The molecule has 0 spiro atoms. The first-order valence-corrected chi connectivity index (χ1v) is 9.42. The summed E-state index contributed by atoms with van der Waals surface area (Å²) < 4.78 is 15.7. The number of nitro benzene ring substituents is 1. The van der Waals surface area contributed by atoms with Crippen LogP contribution in [0, 0.1) is 10.1 Å². The average molecular weight is 433 g/mol. The van der Waals surface area contributed by atoms with Crippen molar-refractivity contribution in [3.63, 3.8) is 0 Å². The van der Waals surface area contributed by atoms with Crippen LogP contribution in [0.2, 0.25) is 0 Å². The molecule has 162 valence electrons. The number of non-ortho nitro benzene ring substituents is 1. The van der Waals surface area contributed by atoms with Crippen molar-refractivity contribution < 1.29 is 28.7 Å². The summed E-state index contributed by atoms with van der Waals surface area (Å²) in [6.45, 7) is 0. The van der Waals surface area contributed by atoms with E-state index in [2.05, 4.69) is 0 Å². The van der Waals surface area contributed by atoms with E-state index in [1.165, 1.54) is 55.7 Å². The Morgan fingerprint density at radius 1 is 0.875 bits per heavy atom. The zero-order chi connectivity index (χ0) is 23.1. The lowest BCUT2D eigenvalue weighted by molar-refractivity contribution is -0.384. The van der Waals surface area contributed by atoms with Crippen molar-refractivity contribution in [2.24, 2.45) is 0 Å². The van der Waals surface area contributed by atoms with Crippen molar-refractivity contribution in [2.75, 3.05) is 14.2 Å². The van der Waals surface area contributed by atoms with Gasteiger partial charge in [-0.2, -0.15) is 0 Å². The summed E-state index contributed by atoms with van der Waals surface area (Å²) in [5.41, 5.74) is 0.912. The Bertz CT molecular complexity index is 1180. The van der Waals surface area contributed by atoms with Gasteiger partial charge in [-0.1, -0.05) is 6.07 Å². The number of hydrogen-bond acceptors (Lipinski definition) is 7. The molecule has 0 heterocycles. The highest BCUT2D eigenvalue weighted by Gasteiger charge is 2.14. The topological polar surface area (TPSA) is 105 Å². The predicted molar refractivity (Wildman–Crippen MR) is 117 cm³/mol. The summed E-state index contributed by atoms with van der Waals surface area (Å²) in [6.07, 6.45) is 3.03. The number of hydrogen-bond donors (Lipinski definition) is 0. The van der Waals surface area contributed by atoms with Crippen molar-refractivity contribution in [2.45, 2.75) is 0 Å². The molecule has 0 aliphatic carbocycles. The Hall–Kier alpha value is -4.46. The van der Waals surface area contributed by atoms with Gasteiger partial charge in [0.05, 0.1) is 24.7 Å². The van der Waals surface area contributed by atoms with E-state index in [1.54, 1.807) is 31.4 Å². The van der Waals surface area contributed by atoms with Crippen LogP contribution in [0.4, 0.5) is 5.69 Å². The Morgan fingerprint density at radius 3 is 2.25 bits per heavy atom. The molecule has 8 heteroatoms. The molecule has 0 aromatic heterocycles. The van der Waals surface area contributed by atoms with Crippen LogP contribution in [0.3, 0.4) is 0 Å². The maximum absolute atomic E-state index is 12.5. The van der Waals surface area contributed by atoms with Crippen molar-refractivity contribution in [1.29, 1.82) is 0 Å². The quantitative estimate of drug-likeness (QED) is 0.126. The first-order chi connectivity index (χ1) is 15.4. The molecule has 32 heavy (non-hydrogen) atoms. The summed E-state index contributed by atoms with van der Waals surface area (Å²) in [5, 5.41) is 10.8. The summed E-state index contributed by atoms with van der Waals surface area (Å²) in [4.78, 5) is 35.0. The number of carbonyl (C=O) groups excluding carboxylic acids is 2. The van der Waals surface area contributed by atoms with Gasteiger partial charge in [-0.15, -0.1) is 0 Å². The maximum Gasteiger partial charge on any atom is 0.343 e. The number of benzene rings is 3. The summed E-state index contributed by atoms with van der Waals surface area (Å²) in [5.74, 6) is 0.437. The second-order valence-corrected chi connectivity index (χ2v) is 6.53. The standard InChI is InChI=1S/C24H19NO7/c1-30-21-11-13-23(31-2)17(15-21)8-12-22(26)16-6-9-20(10-7-16)32-24(27)18-4-3-5-19(14-18)25(28)29/h3-15H,1-2H3. The molecule has 0 amide bonds. The van der Waals surface area contributed by atoms with Crippen molar-refractivity contribution in [3.8, 4) is 17.2 Å². The molecular formula is C24H19NO7. The molecule has 8 nitrogen and oxygen atoms in total.